The highest BCUT2D eigenvalue weighted by Gasteiger charge is 2.07. The van der Waals surface area contributed by atoms with E-state index in [9.17, 15) is 4.79 Å². The van der Waals surface area contributed by atoms with Crippen LogP contribution in [0, 0.1) is 11.8 Å². The Morgan fingerprint density at radius 2 is 2.21 bits per heavy atom. The molecule has 14 heavy (non-hydrogen) atoms. The monoisotopic (exact) mass is 193 g/mol. The van der Waals surface area contributed by atoms with Gasteiger partial charge in [-0.3, -0.25) is 4.79 Å². The Balaban J connectivity index is 3.94. The second kappa shape index (κ2) is 7.20. The van der Waals surface area contributed by atoms with E-state index in [0.29, 0.717) is 0 Å². The van der Waals surface area contributed by atoms with Gasteiger partial charge in [-0.1, -0.05) is 18.4 Å². The number of rotatable bonds is 5. The van der Waals surface area contributed by atoms with Gasteiger partial charge in [-0.05, 0) is 39.0 Å². The van der Waals surface area contributed by atoms with E-state index < -0.39 is 0 Å². The first-order valence-corrected chi connectivity index (χ1v) is 4.97. The van der Waals surface area contributed by atoms with Crippen LogP contribution < -0.4 is 5.32 Å². The van der Waals surface area contributed by atoms with Gasteiger partial charge in [-0.15, -0.1) is 6.58 Å². The molecule has 0 radical (unpaired) electrons. The third-order valence-corrected chi connectivity index (χ3v) is 1.99. The zero-order valence-corrected chi connectivity index (χ0v) is 9.31. The summed E-state index contributed by atoms with van der Waals surface area (Å²) >= 11 is 0. The van der Waals surface area contributed by atoms with E-state index in [-0.39, 0.29) is 11.9 Å². The molecule has 0 saturated carbocycles. The van der Waals surface area contributed by atoms with Crippen LogP contribution in [0.15, 0.2) is 12.2 Å². The second-order valence-corrected chi connectivity index (χ2v) is 3.45. The molecule has 1 unspecified atom stereocenters. The van der Waals surface area contributed by atoms with E-state index in [4.69, 9.17) is 0 Å². The highest BCUT2D eigenvalue weighted by molar-refractivity contribution is 5.93. The quantitative estimate of drug-likeness (QED) is 0.526. The average molecular weight is 193 g/mol. The smallest absolute Gasteiger partial charge is 0.296 e. The predicted octanol–water partition coefficient (Wildman–Crippen LogP) is 2.26. The Morgan fingerprint density at radius 3 is 2.64 bits per heavy atom. The van der Waals surface area contributed by atoms with Crippen LogP contribution in [0.5, 0.6) is 0 Å². The molecule has 0 rings (SSSR count). The van der Waals surface area contributed by atoms with Gasteiger partial charge in [0.05, 0.1) is 0 Å². The van der Waals surface area contributed by atoms with Crippen LogP contribution in [-0.4, -0.2) is 11.9 Å². The molecular formula is C12H19NO. The molecule has 2 heteroatoms. The number of hydrogen-bond donors (Lipinski definition) is 1. The third-order valence-electron chi connectivity index (χ3n) is 1.99. The van der Waals surface area contributed by atoms with Crippen molar-refractivity contribution >= 4 is 5.91 Å². The molecule has 0 heterocycles. The summed E-state index contributed by atoms with van der Waals surface area (Å²) in [6, 6.07) is 0.222. The molecule has 0 aromatic heterocycles. The number of hydrogen-bond acceptors (Lipinski definition) is 1. The molecule has 78 valence electrons. The van der Waals surface area contributed by atoms with E-state index in [2.05, 4.69) is 30.7 Å². The van der Waals surface area contributed by atoms with E-state index in [0.717, 1.165) is 24.8 Å². The molecular weight excluding hydrogens is 174 g/mol. The normalized spacial score (nSPS) is 11.1. The Morgan fingerprint density at radius 1 is 1.57 bits per heavy atom. The summed E-state index contributed by atoms with van der Waals surface area (Å²) in [5, 5.41) is 2.87. The van der Waals surface area contributed by atoms with Crippen LogP contribution >= 0.6 is 0 Å². The van der Waals surface area contributed by atoms with Crippen LogP contribution in [0.3, 0.4) is 0 Å². The molecule has 0 saturated heterocycles. The first-order chi connectivity index (χ1) is 6.60. The van der Waals surface area contributed by atoms with Crippen molar-refractivity contribution in [3.63, 3.8) is 0 Å². The van der Waals surface area contributed by atoms with Crippen LogP contribution in [0.25, 0.3) is 0 Å². The summed E-state index contributed by atoms with van der Waals surface area (Å²) in [6.45, 7) is 9.56. The predicted molar refractivity (Wildman–Crippen MR) is 59.7 cm³/mol. The highest BCUT2D eigenvalue weighted by atomic mass is 16.1. The van der Waals surface area contributed by atoms with E-state index in [1.807, 2.05) is 6.92 Å². The largest absolute Gasteiger partial charge is 0.343 e. The summed E-state index contributed by atoms with van der Waals surface area (Å²) in [7, 11) is 0. The van der Waals surface area contributed by atoms with Crippen LogP contribution in [-0.2, 0) is 4.79 Å². The summed E-state index contributed by atoms with van der Waals surface area (Å²) < 4.78 is 0. The van der Waals surface area contributed by atoms with Crippen molar-refractivity contribution in [3.05, 3.63) is 12.2 Å². The van der Waals surface area contributed by atoms with Gasteiger partial charge in [0.2, 0.25) is 0 Å². The topological polar surface area (TPSA) is 29.1 Å². The Bertz CT molecular complexity index is 257. The van der Waals surface area contributed by atoms with Crippen molar-refractivity contribution in [3.8, 4) is 11.8 Å². The van der Waals surface area contributed by atoms with E-state index in [1.165, 1.54) is 0 Å². The van der Waals surface area contributed by atoms with Crippen molar-refractivity contribution in [2.45, 2.75) is 46.1 Å². The third kappa shape index (κ3) is 6.30. The van der Waals surface area contributed by atoms with Crippen molar-refractivity contribution in [2.75, 3.05) is 0 Å². The van der Waals surface area contributed by atoms with Crippen molar-refractivity contribution in [1.82, 2.24) is 5.32 Å². The molecule has 0 bridgehead atoms. The van der Waals surface area contributed by atoms with Crippen molar-refractivity contribution in [1.29, 1.82) is 0 Å². The Kier molecular flexibility index (Phi) is 6.57. The standard InChI is InChI=1S/C12H19NO/c1-5-7-12(14)13-11(6-2)9-8-10(3)4/h11H,3,6,8-9H2,1-2,4H3,(H,13,14). The lowest BCUT2D eigenvalue weighted by molar-refractivity contribution is -0.116. The summed E-state index contributed by atoms with van der Waals surface area (Å²) in [4.78, 5) is 11.1. The van der Waals surface area contributed by atoms with Gasteiger partial charge >= 0.3 is 0 Å². The second-order valence-electron chi connectivity index (χ2n) is 3.45. The molecule has 0 fully saturated rings. The SMILES string of the molecule is C=C(C)CCC(CC)NC(=O)C#CC. The van der Waals surface area contributed by atoms with E-state index in [1.54, 1.807) is 6.92 Å². The summed E-state index contributed by atoms with van der Waals surface area (Å²) in [5.41, 5.74) is 1.15. The van der Waals surface area contributed by atoms with E-state index >= 15 is 0 Å². The lowest BCUT2D eigenvalue weighted by Crippen LogP contribution is -2.33. The van der Waals surface area contributed by atoms with Crippen LogP contribution in [0.4, 0.5) is 0 Å². The Labute approximate surface area is 86.8 Å². The average Bonchev–Trinajstić information content (AvgIpc) is 2.12. The van der Waals surface area contributed by atoms with Gasteiger partial charge in [0.25, 0.3) is 5.91 Å². The van der Waals surface area contributed by atoms with Gasteiger partial charge < -0.3 is 5.32 Å². The zero-order chi connectivity index (χ0) is 11.0. The fourth-order valence-electron chi connectivity index (χ4n) is 1.13. The molecule has 1 N–H and O–H groups in total. The van der Waals surface area contributed by atoms with Crippen LogP contribution in [0.2, 0.25) is 0 Å². The molecule has 0 spiro atoms. The maximum Gasteiger partial charge on any atom is 0.296 e. The van der Waals surface area contributed by atoms with Gasteiger partial charge in [0.15, 0.2) is 0 Å². The summed E-state index contributed by atoms with van der Waals surface area (Å²) in [5.74, 6) is 4.88. The number of allylic oxidation sites excluding steroid dienone is 1. The number of carbonyl (C=O) groups is 1. The molecule has 0 aliphatic rings. The number of carbonyl (C=O) groups excluding carboxylic acids is 1. The number of nitrogens with one attached hydrogen (secondary N) is 1. The first-order valence-electron chi connectivity index (χ1n) is 4.97. The first kappa shape index (κ1) is 12.8. The zero-order valence-electron chi connectivity index (χ0n) is 9.31. The van der Waals surface area contributed by atoms with Gasteiger partial charge in [-0.25, -0.2) is 0 Å². The number of amides is 1. The lowest BCUT2D eigenvalue weighted by Gasteiger charge is -2.14. The molecule has 1 amide bonds. The fourth-order valence-corrected chi connectivity index (χ4v) is 1.13. The summed E-state index contributed by atoms with van der Waals surface area (Å²) in [6.07, 6.45) is 2.84. The minimum atomic E-state index is -0.180. The van der Waals surface area contributed by atoms with Gasteiger partial charge in [0, 0.05) is 6.04 Å². The highest BCUT2D eigenvalue weighted by Crippen LogP contribution is 2.06. The fraction of sp³-hybridized carbons (Fsp3) is 0.583. The molecule has 0 aliphatic carbocycles. The van der Waals surface area contributed by atoms with Gasteiger partial charge in [-0.2, -0.15) is 0 Å². The minimum Gasteiger partial charge on any atom is -0.343 e. The molecule has 0 aromatic rings. The molecule has 0 aromatic carbocycles. The lowest BCUT2D eigenvalue weighted by atomic mass is 10.1. The van der Waals surface area contributed by atoms with Crippen LogP contribution in [0.1, 0.15) is 40.0 Å². The Hall–Kier alpha value is -1.23. The van der Waals surface area contributed by atoms with Crippen molar-refractivity contribution in [2.24, 2.45) is 0 Å². The molecule has 1 atom stereocenters. The molecule has 2 nitrogen and oxygen atoms in total. The molecule has 0 aliphatic heterocycles. The maximum absolute atomic E-state index is 11.1. The maximum atomic E-state index is 11.1. The van der Waals surface area contributed by atoms with Crippen molar-refractivity contribution < 1.29 is 4.79 Å². The van der Waals surface area contributed by atoms with Gasteiger partial charge in [0.1, 0.15) is 0 Å². The minimum absolute atomic E-state index is 0.180.